The molecule has 2 N–H and O–H groups in total. The van der Waals surface area contributed by atoms with Gasteiger partial charge in [-0.1, -0.05) is 11.2 Å². The van der Waals surface area contributed by atoms with Crippen LogP contribution in [-0.2, 0) is 6.61 Å². The SMILES string of the molecule is COc1cccc(C(N)=O)c1OCc1cc(C)on1. The van der Waals surface area contributed by atoms with Gasteiger partial charge in [0.25, 0.3) is 5.91 Å². The third-order valence-electron chi connectivity index (χ3n) is 2.51. The number of hydrogen-bond acceptors (Lipinski definition) is 5. The zero-order valence-electron chi connectivity index (χ0n) is 10.7. The van der Waals surface area contributed by atoms with Crippen molar-refractivity contribution in [1.82, 2.24) is 5.16 Å². The average molecular weight is 262 g/mol. The second-order valence-corrected chi connectivity index (χ2v) is 3.92. The Morgan fingerprint density at radius 1 is 1.47 bits per heavy atom. The van der Waals surface area contributed by atoms with Crippen molar-refractivity contribution >= 4 is 5.91 Å². The van der Waals surface area contributed by atoms with Crippen LogP contribution in [0, 0.1) is 6.92 Å². The Labute approximate surface area is 110 Å². The molecule has 1 amide bonds. The highest BCUT2D eigenvalue weighted by molar-refractivity contribution is 5.96. The molecule has 0 aliphatic carbocycles. The van der Waals surface area contributed by atoms with Gasteiger partial charge in [0.15, 0.2) is 11.5 Å². The number of nitrogens with zero attached hydrogens (tertiary/aromatic N) is 1. The molecule has 0 aliphatic rings. The maximum atomic E-state index is 11.4. The summed E-state index contributed by atoms with van der Waals surface area (Å²) in [5.41, 5.74) is 6.19. The van der Waals surface area contributed by atoms with Crippen LogP contribution >= 0.6 is 0 Å². The number of aromatic nitrogens is 1. The Morgan fingerprint density at radius 3 is 2.84 bits per heavy atom. The molecule has 0 unspecified atom stereocenters. The van der Waals surface area contributed by atoms with Crippen molar-refractivity contribution in [2.75, 3.05) is 7.11 Å². The fourth-order valence-corrected chi connectivity index (χ4v) is 1.65. The van der Waals surface area contributed by atoms with Gasteiger partial charge in [0.1, 0.15) is 18.1 Å². The standard InChI is InChI=1S/C13H14N2O4/c1-8-6-9(15-19-8)7-18-12-10(13(14)16)4-3-5-11(12)17-2/h3-6H,7H2,1-2H3,(H2,14,16). The van der Waals surface area contributed by atoms with E-state index in [9.17, 15) is 4.79 Å². The lowest BCUT2D eigenvalue weighted by Gasteiger charge is -2.12. The normalized spacial score (nSPS) is 10.2. The number of benzene rings is 1. The fourth-order valence-electron chi connectivity index (χ4n) is 1.65. The molecule has 1 heterocycles. The van der Waals surface area contributed by atoms with Crippen molar-refractivity contribution in [2.24, 2.45) is 5.73 Å². The van der Waals surface area contributed by atoms with Gasteiger partial charge in [-0.2, -0.15) is 0 Å². The number of methoxy groups -OCH3 is 1. The summed E-state index contributed by atoms with van der Waals surface area (Å²) in [7, 11) is 1.49. The molecule has 1 aromatic carbocycles. The summed E-state index contributed by atoms with van der Waals surface area (Å²) < 4.78 is 15.7. The highest BCUT2D eigenvalue weighted by atomic mass is 16.5. The lowest BCUT2D eigenvalue weighted by molar-refractivity contribution is 0.0995. The van der Waals surface area contributed by atoms with Crippen molar-refractivity contribution in [1.29, 1.82) is 0 Å². The zero-order chi connectivity index (χ0) is 13.8. The predicted octanol–water partition coefficient (Wildman–Crippen LogP) is 1.67. The highest BCUT2D eigenvalue weighted by Gasteiger charge is 2.15. The summed E-state index contributed by atoms with van der Waals surface area (Å²) in [6.07, 6.45) is 0. The third-order valence-corrected chi connectivity index (χ3v) is 2.51. The van der Waals surface area contributed by atoms with E-state index >= 15 is 0 Å². The summed E-state index contributed by atoms with van der Waals surface area (Å²) in [6, 6.07) is 6.69. The number of para-hydroxylation sites is 1. The molecule has 6 heteroatoms. The first-order valence-electron chi connectivity index (χ1n) is 5.63. The monoisotopic (exact) mass is 262 g/mol. The predicted molar refractivity (Wildman–Crippen MR) is 67.1 cm³/mol. The van der Waals surface area contributed by atoms with E-state index in [2.05, 4.69) is 5.16 Å². The molecule has 100 valence electrons. The highest BCUT2D eigenvalue weighted by Crippen LogP contribution is 2.31. The van der Waals surface area contributed by atoms with Gasteiger partial charge in [0.2, 0.25) is 0 Å². The van der Waals surface area contributed by atoms with Gasteiger partial charge in [-0.15, -0.1) is 0 Å². The smallest absolute Gasteiger partial charge is 0.252 e. The molecule has 0 radical (unpaired) electrons. The van der Waals surface area contributed by atoms with Crippen LogP contribution in [0.2, 0.25) is 0 Å². The molecule has 0 spiro atoms. The minimum absolute atomic E-state index is 0.165. The molecule has 0 fully saturated rings. The molecule has 0 saturated carbocycles. The number of rotatable bonds is 5. The molecular formula is C13H14N2O4. The topological polar surface area (TPSA) is 87.6 Å². The van der Waals surface area contributed by atoms with Gasteiger partial charge < -0.3 is 19.7 Å². The van der Waals surface area contributed by atoms with Gasteiger partial charge in [0.05, 0.1) is 12.7 Å². The van der Waals surface area contributed by atoms with Gasteiger partial charge in [0, 0.05) is 6.07 Å². The van der Waals surface area contributed by atoms with E-state index < -0.39 is 5.91 Å². The Hall–Kier alpha value is -2.50. The minimum Gasteiger partial charge on any atom is -0.493 e. The first kappa shape index (κ1) is 12.9. The van der Waals surface area contributed by atoms with E-state index in [0.717, 1.165) is 0 Å². The van der Waals surface area contributed by atoms with Gasteiger partial charge >= 0.3 is 0 Å². The van der Waals surface area contributed by atoms with Crippen LogP contribution < -0.4 is 15.2 Å². The van der Waals surface area contributed by atoms with Crippen molar-refractivity contribution in [3.8, 4) is 11.5 Å². The van der Waals surface area contributed by atoms with Crippen molar-refractivity contribution < 1.29 is 18.8 Å². The van der Waals surface area contributed by atoms with Gasteiger partial charge in [-0.25, -0.2) is 0 Å². The van der Waals surface area contributed by atoms with E-state index in [1.807, 2.05) is 0 Å². The Morgan fingerprint density at radius 2 is 2.26 bits per heavy atom. The number of amides is 1. The number of nitrogens with two attached hydrogens (primary N) is 1. The molecule has 0 aliphatic heterocycles. The molecule has 6 nitrogen and oxygen atoms in total. The Bertz CT molecular complexity index is 592. The average Bonchev–Trinajstić information content (AvgIpc) is 2.81. The van der Waals surface area contributed by atoms with E-state index in [1.54, 1.807) is 31.2 Å². The summed E-state index contributed by atoms with van der Waals surface area (Å²) in [5, 5.41) is 3.80. The molecule has 2 aromatic rings. The van der Waals surface area contributed by atoms with E-state index in [1.165, 1.54) is 7.11 Å². The number of carbonyl (C=O) groups is 1. The van der Waals surface area contributed by atoms with Crippen molar-refractivity contribution in [2.45, 2.75) is 13.5 Å². The third kappa shape index (κ3) is 2.85. The van der Waals surface area contributed by atoms with Gasteiger partial charge in [-0.05, 0) is 19.1 Å². The lowest BCUT2D eigenvalue weighted by atomic mass is 10.2. The summed E-state index contributed by atoms with van der Waals surface area (Å²) in [4.78, 5) is 11.4. The van der Waals surface area contributed by atoms with Crippen LogP contribution in [0.1, 0.15) is 21.8 Å². The molecule has 0 atom stereocenters. The molecule has 0 saturated heterocycles. The van der Waals surface area contributed by atoms with Crippen molar-refractivity contribution in [3.63, 3.8) is 0 Å². The minimum atomic E-state index is -0.578. The van der Waals surface area contributed by atoms with Crippen LogP contribution in [0.4, 0.5) is 0 Å². The number of primary amides is 1. The summed E-state index contributed by atoms with van der Waals surface area (Å²) in [6.45, 7) is 1.95. The number of hydrogen-bond donors (Lipinski definition) is 1. The maximum absolute atomic E-state index is 11.4. The van der Waals surface area contributed by atoms with E-state index in [-0.39, 0.29) is 12.2 Å². The zero-order valence-corrected chi connectivity index (χ0v) is 10.7. The maximum Gasteiger partial charge on any atom is 0.252 e. The first-order valence-corrected chi connectivity index (χ1v) is 5.63. The first-order chi connectivity index (χ1) is 9.11. The summed E-state index contributed by atoms with van der Waals surface area (Å²) >= 11 is 0. The lowest BCUT2D eigenvalue weighted by Crippen LogP contribution is -2.13. The largest absolute Gasteiger partial charge is 0.493 e. The van der Waals surface area contributed by atoms with Crippen LogP contribution in [0.5, 0.6) is 11.5 Å². The molecular weight excluding hydrogens is 248 g/mol. The van der Waals surface area contributed by atoms with Crippen molar-refractivity contribution in [3.05, 3.63) is 41.3 Å². The fraction of sp³-hybridized carbons (Fsp3) is 0.231. The number of carbonyl (C=O) groups excluding carboxylic acids is 1. The van der Waals surface area contributed by atoms with E-state index in [0.29, 0.717) is 23.0 Å². The van der Waals surface area contributed by atoms with Gasteiger partial charge in [-0.3, -0.25) is 4.79 Å². The molecule has 1 aromatic heterocycles. The molecule has 2 rings (SSSR count). The molecule has 19 heavy (non-hydrogen) atoms. The second-order valence-electron chi connectivity index (χ2n) is 3.92. The summed E-state index contributed by atoms with van der Waals surface area (Å²) in [5.74, 6) is 0.855. The Balaban J connectivity index is 2.25. The quantitative estimate of drug-likeness (QED) is 0.885. The van der Waals surface area contributed by atoms with Crippen LogP contribution in [0.3, 0.4) is 0 Å². The van der Waals surface area contributed by atoms with Crippen LogP contribution in [-0.4, -0.2) is 18.2 Å². The van der Waals surface area contributed by atoms with Crippen LogP contribution in [0.15, 0.2) is 28.8 Å². The number of ether oxygens (including phenoxy) is 2. The second kappa shape index (κ2) is 5.43. The molecule has 0 bridgehead atoms. The van der Waals surface area contributed by atoms with E-state index in [4.69, 9.17) is 19.7 Å². The Kier molecular flexibility index (Phi) is 3.70. The number of aryl methyl sites for hydroxylation is 1. The van der Waals surface area contributed by atoms with Crippen LogP contribution in [0.25, 0.3) is 0 Å².